The molecule has 19 nitrogen and oxygen atoms in total. The first kappa shape index (κ1) is 102. The topological polar surface area (TPSA) is 319 Å². The van der Waals surface area contributed by atoms with Crippen LogP contribution < -0.4 is 11.5 Å². The number of aliphatic hydroxyl groups excluding tert-OH is 1. The van der Waals surface area contributed by atoms with Crippen molar-refractivity contribution in [3.8, 4) is 0 Å². The molecule has 0 bridgehead atoms. The Morgan fingerprint density at radius 3 is 1.07 bits per heavy atom. The molecule has 0 saturated heterocycles. The van der Waals surface area contributed by atoms with Crippen LogP contribution in [0.1, 0.15) is 325 Å². The molecule has 0 radical (unpaired) electrons. The number of amides is 4. The summed E-state index contributed by atoms with van der Waals surface area (Å²) >= 11 is 0. The first-order chi connectivity index (χ1) is 43.2. The number of rotatable bonds is 9. The van der Waals surface area contributed by atoms with Crippen molar-refractivity contribution in [1.29, 1.82) is 0 Å². The number of carboxylic acids is 2. The fraction of sp³-hybridized carbons (Fsp3) is 0.519. The maximum Gasteiger partial charge on any atom is 0.346 e. The van der Waals surface area contributed by atoms with Crippen LogP contribution in [0.5, 0.6) is 0 Å². The second-order valence-corrected chi connectivity index (χ2v) is 28.3. The van der Waals surface area contributed by atoms with Crippen molar-refractivity contribution in [2.75, 3.05) is 13.3 Å². The van der Waals surface area contributed by atoms with Crippen LogP contribution in [0.2, 0.25) is 0 Å². The number of fused-ring (bicyclic) bond motifs is 3. The highest BCUT2D eigenvalue weighted by molar-refractivity contribution is 7.85. The summed E-state index contributed by atoms with van der Waals surface area (Å²) in [5.41, 5.74) is 17.3. The lowest BCUT2D eigenvalue weighted by Gasteiger charge is -2.25. The molecule has 99 heavy (non-hydrogen) atoms. The lowest BCUT2D eigenvalue weighted by atomic mass is 9.79. The Kier molecular flexibility index (Phi) is 47.3. The number of imide groups is 2. The number of benzene rings is 5. The Hall–Kier alpha value is -7.75. The van der Waals surface area contributed by atoms with Gasteiger partial charge in [-0.1, -0.05) is 247 Å². The first-order valence-corrected chi connectivity index (χ1v) is 33.2. The molecule has 8 N–H and O–H groups in total. The maximum atomic E-state index is 12.5. The molecule has 0 fully saturated rings. The number of aliphatic hydroxyl groups is 1. The summed E-state index contributed by atoms with van der Waals surface area (Å²) in [5.74, 6) is -4.75. The van der Waals surface area contributed by atoms with Crippen LogP contribution in [-0.2, 0) is 41.3 Å². The number of aryl methyl sites for hydroxylation is 3. The van der Waals surface area contributed by atoms with E-state index in [0.29, 0.717) is 44.5 Å². The predicted molar refractivity (Wildman–Crippen MR) is 406 cm³/mol. The molecule has 0 aromatic heterocycles. The third-order valence-electron chi connectivity index (χ3n) is 14.3. The molecule has 3 heterocycles. The van der Waals surface area contributed by atoms with Gasteiger partial charge in [0, 0.05) is 13.6 Å². The molecule has 0 saturated carbocycles. The lowest BCUT2D eigenvalue weighted by Crippen LogP contribution is -2.43. The number of carboxylic acid groups (broad SMARTS) is 2. The largest absolute Gasteiger partial charge is 0.481 e. The molecule has 20 heteroatoms. The van der Waals surface area contributed by atoms with Crippen molar-refractivity contribution < 1.29 is 71.4 Å². The molecule has 3 aliphatic rings. The molecule has 4 amide bonds. The number of ether oxygens (including phenoxy) is 1. The number of carbonyl (C=O) groups excluding carboxylic acids is 6. The number of aliphatic carboxylic acids is 1. The summed E-state index contributed by atoms with van der Waals surface area (Å²) in [4.78, 5) is 94.1. The van der Waals surface area contributed by atoms with Crippen LogP contribution in [-0.4, -0.2) is 105 Å². The summed E-state index contributed by atoms with van der Waals surface area (Å²) in [6, 6.07) is 26.0. The Balaban J connectivity index is -0.000000265. The van der Waals surface area contributed by atoms with E-state index >= 15 is 0 Å². The van der Waals surface area contributed by atoms with Gasteiger partial charge in [-0.15, -0.1) is 0 Å². The molecule has 5 aromatic rings. The molecule has 5 aromatic carbocycles. The lowest BCUT2D eigenvalue weighted by molar-refractivity contribution is -0.134. The Morgan fingerprint density at radius 1 is 0.475 bits per heavy atom. The molecule has 0 aliphatic carbocycles. The van der Waals surface area contributed by atoms with Gasteiger partial charge >= 0.3 is 17.9 Å². The van der Waals surface area contributed by atoms with Gasteiger partial charge in [0.1, 0.15) is 6.67 Å². The zero-order valence-corrected chi connectivity index (χ0v) is 60.7. The highest BCUT2D eigenvalue weighted by atomic mass is 32.2. The van der Waals surface area contributed by atoms with E-state index in [9.17, 15) is 46.5 Å². The minimum absolute atomic E-state index is 0. The van der Waals surface area contributed by atoms with E-state index in [1.54, 1.807) is 78.9 Å². The SMILES string of the molecule is C.C.C.C.C.CC(=O)O.CC(C)(C)c1cc(C(=O)O)cc(C(C)(C)C)c1.CC(C)(C)c1ccc(C(C)(C)C)c(S(=O)(=O)O)c1.CCC(O)CC.CCCC.CCCCC.Cc1ccc2c(c1)C(=O)N(CN1C(=O)c3ccc(C)cc3C1=O)C2=O.Cc1ccc2c(c1)C(=O)OC2=O.NCN. The number of unbranched alkanes of at least 4 members (excludes halogenated alkanes) is 3. The summed E-state index contributed by atoms with van der Waals surface area (Å²) in [6.07, 6.45) is 8.42. The van der Waals surface area contributed by atoms with E-state index in [1.807, 2.05) is 82.2 Å². The van der Waals surface area contributed by atoms with Gasteiger partial charge in [-0.3, -0.25) is 38.3 Å². The highest BCUT2D eigenvalue weighted by Gasteiger charge is 2.42. The quantitative estimate of drug-likeness (QED) is 0.0263. The molecule has 0 spiro atoms. The molecule has 3 aliphatic heterocycles. The van der Waals surface area contributed by atoms with E-state index in [1.165, 1.54) is 32.1 Å². The third kappa shape index (κ3) is 33.3. The minimum atomic E-state index is -4.20. The van der Waals surface area contributed by atoms with E-state index in [-0.39, 0.29) is 83.1 Å². The van der Waals surface area contributed by atoms with Crippen LogP contribution >= 0.6 is 0 Å². The Labute approximate surface area is 596 Å². The summed E-state index contributed by atoms with van der Waals surface area (Å²) < 4.78 is 36.9. The minimum Gasteiger partial charge on any atom is -0.481 e. The molecule has 560 valence electrons. The molecule has 0 atom stereocenters. The number of hydrogen-bond donors (Lipinski definition) is 6. The van der Waals surface area contributed by atoms with Crippen molar-refractivity contribution in [2.45, 2.75) is 267 Å². The smallest absolute Gasteiger partial charge is 0.346 e. The standard InChI is InChI=1S/C19H14N2O4.C15H22O2.C14H22O3S.C9H6O3.C5H12O.C5H12.C4H10.C2H4O2.CH6N2.5CH4/c1-10-3-5-12-14(7-10)18(24)20(16(12)22)9-21-17(23)13-6-4-11(2)8-15(13)19(21)25;1-14(2,3)11-7-10(13(16)17)8-12(9-11)15(4,5)6;1-13(2,3)10-7-8-11(14(4,5)6)12(9-10)18(15,16)17;1-5-2-3-6-7(4-5)9(11)12-8(6)10;1-3-5(6)4-2;1-3-5-4-2;1-3-4-2;1-2(3)4;2-1-3;;;;;/h3-8H,9H2,1-2H3;7-9H,1-6H3,(H,16,17);7-9H,1-6H3,(H,15,16,17);2-4H,1H3;5-6H,3-4H2,1-2H3;3-5H2,1-2H3;3-4H2,1-2H3;1H3,(H,3,4);1-3H2;5*1H4. The van der Waals surface area contributed by atoms with Crippen molar-refractivity contribution in [3.63, 3.8) is 0 Å². The Bertz CT molecular complexity index is 3390. The van der Waals surface area contributed by atoms with Crippen LogP contribution in [0.25, 0.3) is 0 Å². The van der Waals surface area contributed by atoms with E-state index < -0.39 is 57.6 Å². The van der Waals surface area contributed by atoms with E-state index in [4.69, 9.17) is 20.1 Å². The van der Waals surface area contributed by atoms with Crippen molar-refractivity contribution in [3.05, 3.63) is 169 Å². The molecular formula is C79H128N4O15S. The van der Waals surface area contributed by atoms with E-state index in [2.05, 4.69) is 91.5 Å². The predicted octanol–water partition coefficient (Wildman–Crippen LogP) is 18.3. The zero-order chi connectivity index (χ0) is 73.2. The van der Waals surface area contributed by atoms with Crippen molar-refractivity contribution in [2.24, 2.45) is 11.5 Å². The average molecular weight is 1410 g/mol. The van der Waals surface area contributed by atoms with Gasteiger partial charge in [0.05, 0.1) is 49.9 Å². The fourth-order valence-corrected chi connectivity index (χ4v) is 9.42. The van der Waals surface area contributed by atoms with Crippen LogP contribution in [0.3, 0.4) is 0 Å². The first-order valence-electron chi connectivity index (χ1n) is 31.8. The number of hydrogen-bond acceptors (Lipinski definition) is 14. The average Bonchev–Trinajstić information content (AvgIpc) is 1.66. The Morgan fingerprint density at radius 2 is 0.798 bits per heavy atom. The van der Waals surface area contributed by atoms with Gasteiger partial charge in [-0.25, -0.2) is 14.4 Å². The van der Waals surface area contributed by atoms with Crippen molar-refractivity contribution >= 4 is 57.6 Å². The van der Waals surface area contributed by atoms with Gasteiger partial charge in [-0.05, 0) is 132 Å². The molecular weight excluding hydrogens is 1280 g/mol. The number of carbonyl (C=O) groups is 8. The number of aromatic carboxylic acids is 1. The van der Waals surface area contributed by atoms with Gasteiger partial charge in [-0.2, -0.15) is 8.42 Å². The summed E-state index contributed by atoms with van der Waals surface area (Å²) in [5, 5.41) is 25.2. The number of cyclic esters (lactones) is 2. The fourth-order valence-electron chi connectivity index (χ4n) is 8.49. The van der Waals surface area contributed by atoms with Crippen LogP contribution in [0.15, 0.2) is 95.9 Å². The van der Waals surface area contributed by atoms with Crippen molar-refractivity contribution in [1.82, 2.24) is 9.80 Å². The second kappa shape index (κ2) is 45.8. The number of nitrogens with two attached hydrogens (primary N) is 2. The summed E-state index contributed by atoms with van der Waals surface area (Å²) in [7, 11) is -4.20. The maximum absolute atomic E-state index is 12.5. The van der Waals surface area contributed by atoms with Gasteiger partial charge in [0.2, 0.25) is 0 Å². The zero-order valence-electron chi connectivity index (χ0n) is 59.8. The molecule has 0 unspecified atom stereocenters. The monoisotopic (exact) mass is 1400 g/mol. The normalized spacial score (nSPS) is 12.2. The van der Waals surface area contributed by atoms with E-state index in [0.717, 1.165) is 62.9 Å². The summed E-state index contributed by atoms with van der Waals surface area (Å²) in [6.45, 7) is 43.6. The van der Waals surface area contributed by atoms with Crippen LogP contribution in [0, 0.1) is 20.8 Å². The second-order valence-electron chi connectivity index (χ2n) is 26.9. The van der Waals surface area contributed by atoms with Gasteiger partial charge < -0.3 is 31.5 Å². The van der Waals surface area contributed by atoms with Crippen LogP contribution in [0.4, 0.5) is 0 Å². The van der Waals surface area contributed by atoms with Gasteiger partial charge in [0.25, 0.3) is 39.7 Å². The highest BCUT2D eigenvalue weighted by Crippen LogP contribution is 2.34. The third-order valence-corrected chi connectivity index (χ3v) is 15.2. The number of nitrogens with zero attached hydrogens (tertiary/aromatic N) is 2. The van der Waals surface area contributed by atoms with Gasteiger partial charge in [0.15, 0.2) is 0 Å². The molecule has 8 rings (SSSR count). The number of esters is 2.